The Morgan fingerprint density at radius 3 is 2.50 bits per heavy atom. The zero-order chi connectivity index (χ0) is 12.0. The number of carbonyl (C=O) groups is 2. The van der Waals surface area contributed by atoms with Gasteiger partial charge in [0.05, 0.1) is 6.42 Å². The first-order valence-electron chi connectivity index (χ1n) is 4.28. The molecule has 0 aliphatic rings. The van der Waals surface area contributed by atoms with Crippen LogP contribution in [0.4, 0.5) is 10.5 Å². The van der Waals surface area contributed by atoms with Crippen LogP contribution in [0.15, 0.2) is 29.4 Å². The van der Waals surface area contributed by atoms with Crippen LogP contribution in [0.3, 0.4) is 0 Å². The van der Waals surface area contributed by atoms with Gasteiger partial charge in [-0.3, -0.25) is 10.1 Å². The second-order valence-electron chi connectivity index (χ2n) is 2.89. The standard InChI is InChI=1S/C9H8N4O3/c10-13-12-7-3-1-6(2-4-7)5-8(14)11-9(15)16/h1-4H,5H2,(H,11,14)(H,15,16). The minimum Gasteiger partial charge on any atom is -0.465 e. The van der Waals surface area contributed by atoms with E-state index in [4.69, 9.17) is 10.6 Å². The van der Waals surface area contributed by atoms with Gasteiger partial charge in [-0.2, -0.15) is 0 Å². The van der Waals surface area contributed by atoms with Crippen LogP contribution >= 0.6 is 0 Å². The first-order valence-corrected chi connectivity index (χ1v) is 4.28. The molecule has 0 heterocycles. The zero-order valence-corrected chi connectivity index (χ0v) is 8.12. The zero-order valence-electron chi connectivity index (χ0n) is 8.12. The average Bonchev–Trinajstić information content (AvgIpc) is 2.20. The lowest BCUT2D eigenvalue weighted by molar-refractivity contribution is -0.119. The van der Waals surface area contributed by atoms with Crippen molar-refractivity contribution in [2.75, 3.05) is 0 Å². The predicted octanol–water partition coefficient (Wildman–Crippen LogP) is 1.97. The van der Waals surface area contributed by atoms with Gasteiger partial charge in [-0.1, -0.05) is 29.4 Å². The van der Waals surface area contributed by atoms with Gasteiger partial charge < -0.3 is 5.11 Å². The fraction of sp³-hybridized carbons (Fsp3) is 0.111. The monoisotopic (exact) mass is 220 g/mol. The van der Waals surface area contributed by atoms with E-state index in [9.17, 15) is 9.59 Å². The number of nitrogens with zero attached hydrogens (tertiary/aromatic N) is 3. The molecule has 82 valence electrons. The highest BCUT2D eigenvalue weighted by Gasteiger charge is 2.06. The Kier molecular flexibility index (Phi) is 3.88. The third kappa shape index (κ3) is 3.69. The molecule has 0 aliphatic carbocycles. The SMILES string of the molecule is [N-]=[N+]=Nc1ccc(CC(=O)NC(=O)O)cc1. The average molecular weight is 220 g/mol. The van der Waals surface area contributed by atoms with Crippen molar-refractivity contribution < 1.29 is 14.7 Å². The van der Waals surface area contributed by atoms with Gasteiger partial charge in [-0.25, -0.2) is 4.79 Å². The molecule has 0 aromatic heterocycles. The Bertz CT molecular complexity index is 448. The summed E-state index contributed by atoms with van der Waals surface area (Å²) in [6.07, 6.45) is -1.42. The van der Waals surface area contributed by atoms with E-state index >= 15 is 0 Å². The van der Waals surface area contributed by atoms with E-state index in [0.717, 1.165) is 0 Å². The maximum Gasteiger partial charge on any atom is 0.411 e. The number of azide groups is 1. The lowest BCUT2D eigenvalue weighted by Gasteiger charge is -2.00. The molecule has 2 N–H and O–H groups in total. The molecule has 0 atom stereocenters. The number of rotatable bonds is 3. The van der Waals surface area contributed by atoms with Crippen molar-refractivity contribution in [3.05, 3.63) is 40.3 Å². The molecule has 7 heteroatoms. The molecule has 1 aromatic rings. The van der Waals surface area contributed by atoms with Crippen LogP contribution in [0.1, 0.15) is 5.56 Å². The van der Waals surface area contributed by atoms with Crippen molar-refractivity contribution in [1.82, 2.24) is 5.32 Å². The molecule has 16 heavy (non-hydrogen) atoms. The van der Waals surface area contributed by atoms with E-state index < -0.39 is 12.0 Å². The van der Waals surface area contributed by atoms with Crippen LogP contribution in [-0.4, -0.2) is 17.1 Å². The largest absolute Gasteiger partial charge is 0.465 e. The fourth-order valence-electron chi connectivity index (χ4n) is 1.08. The molecule has 1 aromatic carbocycles. The normalized spacial score (nSPS) is 9.00. The highest BCUT2D eigenvalue weighted by molar-refractivity contribution is 5.92. The highest BCUT2D eigenvalue weighted by atomic mass is 16.4. The molecule has 0 radical (unpaired) electrons. The first kappa shape index (κ1) is 11.5. The summed E-state index contributed by atoms with van der Waals surface area (Å²) in [5.74, 6) is -0.607. The van der Waals surface area contributed by atoms with E-state index in [1.54, 1.807) is 29.6 Å². The summed E-state index contributed by atoms with van der Waals surface area (Å²) in [7, 11) is 0. The Morgan fingerprint density at radius 2 is 2.00 bits per heavy atom. The second kappa shape index (κ2) is 5.38. The van der Waals surface area contributed by atoms with Crippen LogP contribution in [0.25, 0.3) is 10.4 Å². The predicted molar refractivity (Wildman–Crippen MR) is 55.1 cm³/mol. The highest BCUT2D eigenvalue weighted by Crippen LogP contribution is 2.13. The maximum absolute atomic E-state index is 11.1. The van der Waals surface area contributed by atoms with E-state index in [-0.39, 0.29) is 6.42 Å². The Hall–Kier alpha value is -2.53. The Morgan fingerprint density at radius 1 is 1.38 bits per heavy atom. The Labute approximate surface area is 90.3 Å². The summed E-state index contributed by atoms with van der Waals surface area (Å²) < 4.78 is 0. The number of benzene rings is 1. The van der Waals surface area contributed by atoms with Crippen molar-refractivity contribution >= 4 is 17.7 Å². The molecule has 0 unspecified atom stereocenters. The van der Waals surface area contributed by atoms with Crippen molar-refractivity contribution in [1.29, 1.82) is 0 Å². The first-order chi connectivity index (χ1) is 7.61. The molecule has 0 aliphatic heterocycles. The summed E-state index contributed by atoms with van der Waals surface area (Å²) in [5, 5.41) is 13.4. The van der Waals surface area contributed by atoms with Crippen LogP contribution in [0.5, 0.6) is 0 Å². The molecule has 0 saturated heterocycles. The van der Waals surface area contributed by atoms with Gasteiger partial charge in [0, 0.05) is 10.6 Å². The van der Waals surface area contributed by atoms with Gasteiger partial charge in [-0.15, -0.1) is 0 Å². The number of nitrogens with one attached hydrogen (secondary N) is 1. The van der Waals surface area contributed by atoms with E-state index in [2.05, 4.69) is 10.0 Å². The molecular weight excluding hydrogens is 212 g/mol. The number of hydrogen-bond donors (Lipinski definition) is 2. The van der Waals surface area contributed by atoms with Gasteiger partial charge in [-0.05, 0) is 11.1 Å². The van der Waals surface area contributed by atoms with Crippen LogP contribution < -0.4 is 5.32 Å². The van der Waals surface area contributed by atoms with Crippen LogP contribution in [-0.2, 0) is 11.2 Å². The maximum atomic E-state index is 11.1. The third-order valence-electron chi connectivity index (χ3n) is 1.71. The van der Waals surface area contributed by atoms with Crippen LogP contribution in [0.2, 0.25) is 0 Å². The van der Waals surface area contributed by atoms with Gasteiger partial charge in [0.1, 0.15) is 0 Å². The van der Waals surface area contributed by atoms with E-state index in [1.807, 2.05) is 0 Å². The number of amides is 2. The molecule has 0 spiro atoms. The van der Waals surface area contributed by atoms with Gasteiger partial charge in [0.15, 0.2) is 0 Å². The molecule has 0 saturated carbocycles. The van der Waals surface area contributed by atoms with Crippen LogP contribution in [0, 0.1) is 0 Å². The minimum absolute atomic E-state index is 0.0388. The fourth-order valence-corrected chi connectivity index (χ4v) is 1.08. The number of carboxylic acid groups (broad SMARTS) is 1. The minimum atomic E-state index is -1.38. The Balaban J connectivity index is 2.65. The topological polar surface area (TPSA) is 115 Å². The second-order valence-corrected chi connectivity index (χ2v) is 2.89. The molecule has 0 fully saturated rings. The summed E-state index contributed by atoms with van der Waals surface area (Å²) in [6, 6.07) is 6.27. The summed E-state index contributed by atoms with van der Waals surface area (Å²) in [4.78, 5) is 23.8. The lowest BCUT2D eigenvalue weighted by atomic mass is 10.1. The van der Waals surface area contributed by atoms with Crippen molar-refractivity contribution in [3.63, 3.8) is 0 Å². The number of imide groups is 1. The summed E-state index contributed by atoms with van der Waals surface area (Å²) >= 11 is 0. The van der Waals surface area contributed by atoms with E-state index in [0.29, 0.717) is 11.3 Å². The van der Waals surface area contributed by atoms with Gasteiger partial charge in [0.25, 0.3) is 0 Å². The molecular formula is C9H8N4O3. The molecule has 2 amide bonds. The third-order valence-corrected chi connectivity index (χ3v) is 1.71. The molecule has 0 bridgehead atoms. The number of carbonyl (C=O) groups excluding carboxylic acids is 1. The van der Waals surface area contributed by atoms with Gasteiger partial charge in [0.2, 0.25) is 5.91 Å². The quantitative estimate of drug-likeness (QED) is 0.460. The van der Waals surface area contributed by atoms with E-state index in [1.165, 1.54) is 0 Å². The smallest absolute Gasteiger partial charge is 0.411 e. The number of hydrogen-bond acceptors (Lipinski definition) is 3. The molecule has 1 rings (SSSR count). The van der Waals surface area contributed by atoms with Crippen molar-refractivity contribution in [2.24, 2.45) is 5.11 Å². The van der Waals surface area contributed by atoms with Crippen molar-refractivity contribution in [3.8, 4) is 0 Å². The summed E-state index contributed by atoms with van der Waals surface area (Å²) in [5.41, 5.74) is 9.23. The summed E-state index contributed by atoms with van der Waals surface area (Å²) in [6.45, 7) is 0. The molecule has 7 nitrogen and oxygen atoms in total. The lowest BCUT2D eigenvalue weighted by Crippen LogP contribution is -2.29. The van der Waals surface area contributed by atoms with Crippen molar-refractivity contribution in [2.45, 2.75) is 6.42 Å². The van der Waals surface area contributed by atoms with Gasteiger partial charge >= 0.3 is 6.09 Å².